The Bertz CT molecular complexity index is 74.4. The maximum atomic E-state index is 11.2. The van der Waals surface area contributed by atoms with Crippen molar-refractivity contribution in [1.29, 1.82) is 0 Å². The van der Waals surface area contributed by atoms with Crippen LogP contribution in [0.1, 0.15) is 6.92 Å². The van der Waals surface area contributed by atoms with Crippen molar-refractivity contribution in [2.75, 3.05) is 6.61 Å². The maximum absolute atomic E-state index is 11.2. The summed E-state index contributed by atoms with van der Waals surface area (Å²) in [6.45, 7) is 0.968. The number of hydrogen-bond donors (Lipinski definition) is 0. The number of alkyl halides is 2. The van der Waals surface area contributed by atoms with Crippen molar-refractivity contribution in [3.8, 4) is 0 Å². The summed E-state index contributed by atoms with van der Waals surface area (Å²) in [7, 11) is 0. The predicted molar refractivity (Wildman–Crippen MR) is 26.1 cm³/mol. The van der Waals surface area contributed by atoms with Gasteiger partial charge in [0.15, 0.2) is 6.61 Å². The third-order valence-corrected chi connectivity index (χ3v) is 0.380. The lowest BCUT2D eigenvalue weighted by Gasteiger charge is -1.93. The Kier molecular flexibility index (Phi) is 4.11. The third kappa shape index (κ3) is 5.33. The first-order valence-corrected chi connectivity index (χ1v) is 2.15. The van der Waals surface area contributed by atoms with E-state index in [0.717, 1.165) is 0 Å². The zero-order valence-electron chi connectivity index (χ0n) is 4.47. The van der Waals surface area contributed by atoms with Crippen LogP contribution in [0.2, 0.25) is 0 Å². The van der Waals surface area contributed by atoms with Gasteiger partial charge in [0.25, 0.3) is 6.43 Å². The minimum absolute atomic E-state index is 0.621. The molecule has 0 aliphatic rings. The molecule has 0 spiro atoms. The summed E-state index contributed by atoms with van der Waals surface area (Å²) >= 11 is 0. The smallest absolute Gasteiger partial charge is 0.274 e. The van der Waals surface area contributed by atoms with Gasteiger partial charge in [0.2, 0.25) is 0 Å². The third-order valence-electron chi connectivity index (χ3n) is 0.380. The molecule has 0 rings (SSSR count). The van der Waals surface area contributed by atoms with Crippen LogP contribution in [0.5, 0.6) is 0 Å². The minimum Gasteiger partial charge on any atom is -0.390 e. The van der Waals surface area contributed by atoms with E-state index in [0.29, 0.717) is 0 Å². The zero-order chi connectivity index (χ0) is 6.41. The standard InChI is InChI=1S/C4H7F2NO/c1-2-7-8-3-4(5)6/h2,4H,3H2,1H3/b7-2+. The Morgan fingerprint density at radius 1 is 1.75 bits per heavy atom. The van der Waals surface area contributed by atoms with E-state index in [-0.39, 0.29) is 0 Å². The molecule has 0 aliphatic carbocycles. The first-order valence-electron chi connectivity index (χ1n) is 2.15. The van der Waals surface area contributed by atoms with Crippen LogP contribution in [0, 0.1) is 0 Å². The molecular formula is C4H7F2NO. The van der Waals surface area contributed by atoms with Crippen LogP contribution in [-0.4, -0.2) is 19.2 Å². The van der Waals surface area contributed by atoms with Crippen LogP contribution in [0.3, 0.4) is 0 Å². The molecule has 0 amide bonds. The van der Waals surface area contributed by atoms with E-state index < -0.39 is 13.0 Å². The summed E-state index contributed by atoms with van der Waals surface area (Å²) in [5.41, 5.74) is 0. The van der Waals surface area contributed by atoms with Gasteiger partial charge in [-0.2, -0.15) is 0 Å². The molecule has 2 nitrogen and oxygen atoms in total. The molecule has 0 saturated heterocycles. The minimum atomic E-state index is -2.43. The molecular weight excluding hydrogens is 116 g/mol. The highest BCUT2D eigenvalue weighted by molar-refractivity contribution is 5.52. The van der Waals surface area contributed by atoms with Gasteiger partial charge in [0.1, 0.15) is 0 Å². The van der Waals surface area contributed by atoms with Crippen LogP contribution in [0.15, 0.2) is 5.16 Å². The van der Waals surface area contributed by atoms with Crippen molar-refractivity contribution in [2.45, 2.75) is 13.3 Å². The fourth-order valence-electron chi connectivity index (χ4n) is 0.174. The predicted octanol–water partition coefficient (Wildman–Crippen LogP) is 1.27. The summed E-state index contributed by atoms with van der Waals surface area (Å²) in [6, 6.07) is 0. The molecule has 0 atom stereocenters. The Hall–Kier alpha value is -0.670. The fraction of sp³-hybridized carbons (Fsp3) is 0.750. The second-order valence-electron chi connectivity index (χ2n) is 1.05. The molecule has 0 heterocycles. The summed E-state index contributed by atoms with van der Waals surface area (Å²) in [5.74, 6) is 0. The van der Waals surface area contributed by atoms with Crippen molar-refractivity contribution >= 4 is 6.21 Å². The summed E-state index contributed by atoms with van der Waals surface area (Å²) in [6.07, 6.45) is -1.12. The van der Waals surface area contributed by atoms with Gasteiger partial charge in [-0.25, -0.2) is 8.78 Å². The molecule has 0 fully saturated rings. The second kappa shape index (κ2) is 4.49. The van der Waals surface area contributed by atoms with Gasteiger partial charge in [-0.15, -0.1) is 0 Å². The average molecular weight is 123 g/mol. The summed E-state index contributed by atoms with van der Waals surface area (Å²) < 4.78 is 22.3. The first kappa shape index (κ1) is 7.33. The normalized spacial score (nSPS) is 11.0. The first-order chi connectivity index (χ1) is 3.77. The number of halogens is 2. The zero-order valence-corrected chi connectivity index (χ0v) is 4.47. The monoisotopic (exact) mass is 123 g/mol. The summed E-state index contributed by atoms with van der Waals surface area (Å²) in [4.78, 5) is 4.06. The molecule has 0 saturated carbocycles. The molecule has 0 unspecified atom stereocenters. The molecule has 0 aliphatic heterocycles. The molecule has 0 aromatic heterocycles. The van der Waals surface area contributed by atoms with E-state index in [4.69, 9.17) is 0 Å². The van der Waals surface area contributed by atoms with Crippen molar-refractivity contribution in [1.82, 2.24) is 0 Å². The van der Waals surface area contributed by atoms with Crippen molar-refractivity contribution in [3.63, 3.8) is 0 Å². The van der Waals surface area contributed by atoms with Gasteiger partial charge < -0.3 is 4.84 Å². The van der Waals surface area contributed by atoms with Gasteiger partial charge in [-0.3, -0.25) is 0 Å². The Morgan fingerprint density at radius 2 is 2.38 bits per heavy atom. The van der Waals surface area contributed by atoms with Crippen molar-refractivity contribution < 1.29 is 13.6 Å². The van der Waals surface area contributed by atoms with Gasteiger partial charge in [-0.05, 0) is 6.92 Å². The lowest BCUT2D eigenvalue weighted by Crippen LogP contribution is -1.99. The maximum Gasteiger partial charge on any atom is 0.274 e. The second-order valence-corrected chi connectivity index (χ2v) is 1.05. The molecule has 0 aromatic carbocycles. The quantitative estimate of drug-likeness (QED) is 0.409. The molecule has 0 bridgehead atoms. The Balaban J connectivity index is 2.93. The highest BCUT2D eigenvalue weighted by Gasteiger charge is 1.99. The lowest BCUT2D eigenvalue weighted by molar-refractivity contribution is 0.0208. The number of rotatable bonds is 3. The Labute approximate surface area is 46.1 Å². The van der Waals surface area contributed by atoms with E-state index in [1.807, 2.05) is 0 Å². The topological polar surface area (TPSA) is 21.6 Å². The highest BCUT2D eigenvalue weighted by Crippen LogP contribution is 1.91. The lowest BCUT2D eigenvalue weighted by atomic mass is 10.8. The largest absolute Gasteiger partial charge is 0.390 e. The van der Waals surface area contributed by atoms with Gasteiger partial charge in [0.05, 0.1) is 0 Å². The molecule has 0 radical (unpaired) electrons. The van der Waals surface area contributed by atoms with Crippen LogP contribution >= 0.6 is 0 Å². The SMILES string of the molecule is C/C=N/OCC(F)F. The van der Waals surface area contributed by atoms with E-state index in [2.05, 4.69) is 9.99 Å². The van der Waals surface area contributed by atoms with E-state index in [1.165, 1.54) is 6.21 Å². The van der Waals surface area contributed by atoms with Crippen molar-refractivity contribution in [2.24, 2.45) is 5.16 Å². The van der Waals surface area contributed by atoms with E-state index in [9.17, 15) is 8.78 Å². The van der Waals surface area contributed by atoms with Gasteiger partial charge in [-0.1, -0.05) is 5.16 Å². The van der Waals surface area contributed by atoms with Crippen LogP contribution in [0.25, 0.3) is 0 Å². The molecule has 0 N–H and O–H groups in total. The van der Waals surface area contributed by atoms with Gasteiger partial charge >= 0.3 is 0 Å². The average Bonchev–Trinajstić information content (AvgIpc) is 1.66. The Morgan fingerprint density at radius 3 is 2.75 bits per heavy atom. The summed E-state index contributed by atoms with van der Waals surface area (Å²) in [5, 5.41) is 3.11. The highest BCUT2D eigenvalue weighted by atomic mass is 19.3. The van der Waals surface area contributed by atoms with Crippen LogP contribution in [0.4, 0.5) is 8.78 Å². The van der Waals surface area contributed by atoms with E-state index >= 15 is 0 Å². The van der Waals surface area contributed by atoms with Crippen LogP contribution < -0.4 is 0 Å². The van der Waals surface area contributed by atoms with Gasteiger partial charge in [0, 0.05) is 6.21 Å². The number of nitrogens with zero attached hydrogens (tertiary/aromatic N) is 1. The number of oxime groups is 1. The molecule has 4 heteroatoms. The van der Waals surface area contributed by atoms with E-state index in [1.54, 1.807) is 6.92 Å². The molecule has 48 valence electrons. The number of hydrogen-bond acceptors (Lipinski definition) is 2. The molecule has 0 aromatic rings. The molecule has 8 heavy (non-hydrogen) atoms. The van der Waals surface area contributed by atoms with Crippen LogP contribution in [-0.2, 0) is 4.84 Å². The van der Waals surface area contributed by atoms with Crippen molar-refractivity contribution in [3.05, 3.63) is 0 Å². The fourth-order valence-corrected chi connectivity index (χ4v) is 0.174.